The SMILES string of the molecule is Cn1ccc(C(=O)NC[C@H](O)c2cccc(F)c2)cc1=O. The Morgan fingerprint density at radius 3 is 2.81 bits per heavy atom. The van der Waals surface area contributed by atoms with Gasteiger partial charge in [-0.15, -0.1) is 0 Å². The Morgan fingerprint density at radius 2 is 2.14 bits per heavy atom. The summed E-state index contributed by atoms with van der Waals surface area (Å²) >= 11 is 0. The molecule has 1 aromatic heterocycles. The topological polar surface area (TPSA) is 71.3 Å². The summed E-state index contributed by atoms with van der Waals surface area (Å²) in [6.07, 6.45) is 0.469. The number of aromatic nitrogens is 1. The summed E-state index contributed by atoms with van der Waals surface area (Å²) in [6, 6.07) is 8.24. The number of carbonyl (C=O) groups is 1. The van der Waals surface area contributed by atoms with E-state index in [2.05, 4.69) is 5.32 Å². The number of aliphatic hydroxyl groups excluding tert-OH is 1. The average molecular weight is 290 g/mol. The highest BCUT2D eigenvalue weighted by Gasteiger charge is 2.12. The van der Waals surface area contributed by atoms with Gasteiger partial charge in [-0.2, -0.15) is 0 Å². The molecule has 0 aliphatic carbocycles. The number of hydrogen-bond donors (Lipinski definition) is 2. The van der Waals surface area contributed by atoms with Crippen LogP contribution in [0.4, 0.5) is 4.39 Å². The molecule has 0 fully saturated rings. The van der Waals surface area contributed by atoms with Crippen LogP contribution in [-0.2, 0) is 7.05 Å². The molecule has 2 rings (SSSR count). The van der Waals surface area contributed by atoms with Crippen LogP contribution in [0.3, 0.4) is 0 Å². The molecule has 0 aliphatic heterocycles. The largest absolute Gasteiger partial charge is 0.387 e. The second kappa shape index (κ2) is 6.32. The van der Waals surface area contributed by atoms with E-state index in [-0.39, 0.29) is 17.7 Å². The number of pyridine rings is 1. The minimum absolute atomic E-state index is 0.0719. The van der Waals surface area contributed by atoms with Crippen LogP contribution in [0.1, 0.15) is 22.0 Å². The smallest absolute Gasteiger partial charge is 0.251 e. The standard InChI is InChI=1S/C15H15FN2O3/c1-18-6-5-11(8-14(18)20)15(21)17-9-13(19)10-3-2-4-12(16)7-10/h2-8,13,19H,9H2,1H3,(H,17,21)/t13-/m0/s1. The first-order valence-electron chi connectivity index (χ1n) is 6.36. The molecule has 1 aromatic carbocycles. The van der Waals surface area contributed by atoms with Crippen molar-refractivity contribution < 1.29 is 14.3 Å². The van der Waals surface area contributed by atoms with Crippen LogP contribution in [0.25, 0.3) is 0 Å². The van der Waals surface area contributed by atoms with E-state index >= 15 is 0 Å². The highest BCUT2D eigenvalue weighted by molar-refractivity contribution is 5.93. The Hall–Kier alpha value is -2.47. The number of halogens is 1. The second-order valence-electron chi connectivity index (χ2n) is 4.65. The van der Waals surface area contributed by atoms with Crippen LogP contribution < -0.4 is 10.9 Å². The van der Waals surface area contributed by atoms with Gasteiger partial charge in [0, 0.05) is 31.4 Å². The van der Waals surface area contributed by atoms with Crippen molar-refractivity contribution in [2.75, 3.05) is 6.54 Å². The number of nitrogens with zero attached hydrogens (tertiary/aromatic N) is 1. The Labute approximate surface area is 120 Å². The molecule has 1 atom stereocenters. The Bertz CT molecular complexity index is 712. The third-order valence-electron chi connectivity index (χ3n) is 3.06. The zero-order chi connectivity index (χ0) is 15.4. The number of carbonyl (C=O) groups excluding carboxylic acids is 1. The van der Waals surface area contributed by atoms with Gasteiger partial charge in [0.2, 0.25) is 0 Å². The Morgan fingerprint density at radius 1 is 1.38 bits per heavy atom. The van der Waals surface area contributed by atoms with Crippen molar-refractivity contribution in [3.8, 4) is 0 Å². The Balaban J connectivity index is 2.00. The average Bonchev–Trinajstić information content (AvgIpc) is 2.47. The molecule has 6 heteroatoms. The lowest BCUT2D eigenvalue weighted by Gasteiger charge is -2.12. The van der Waals surface area contributed by atoms with Gasteiger partial charge in [0.25, 0.3) is 11.5 Å². The molecule has 0 bridgehead atoms. The summed E-state index contributed by atoms with van der Waals surface area (Å²) in [7, 11) is 1.58. The van der Waals surface area contributed by atoms with Crippen molar-refractivity contribution in [2.24, 2.45) is 7.05 Å². The first kappa shape index (κ1) is 14.9. The lowest BCUT2D eigenvalue weighted by Crippen LogP contribution is -2.29. The van der Waals surface area contributed by atoms with Crippen molar-refractivity contribution in [3.05, 3.63) is 69.9 Å². The minimum Gasteiger partial charge on any atom is -0.387 e. The van der Waals surface area contributed by atoms with E-state index in [0.717, 1.165) is 0 Å². The number of amides is 1. The summed E-state index contributed by atoms with van der Waals surface area (Å²) in [4.78, 5) is 23.3. The van der Waals surface area contributed by atoms with Gasteiger partial charge in [-0.25, -0.2) is 4.39 Å². The molecule has 110 valence electrons. The van der Waals surface area contributed by atoms with Gasteiger partial charge in [0.05, 0.1) is 6.10 Å². The second-order valence-corrected chi connectivity index (χ2v) is 4.65. The van der Waals surface area contributed by atoms with Crippen LogP contribution in [0.2, 0.25) is 0 Å². The molecule has 2 N–H and O–H groups in total. The number of hydrogen-bond acceptors (Lipinski definition) is 3. The molecular weight excluding hydrogens is 275 g/mol. The lowest BCUT2D eigenvalue weighted by molar-refractivity contribution is 0.0916. The molecule has 2 aromatic rings. The van der Waals surface area contributed by atoms with E-state index in [9.17, 15) is 19.1 Å². The summed E-state index contributed by atoms with van der Waals surface area (Å²) in [5.74, 6) is -0.924. The summed E-state index contributed by atoms with van der Waals surface area (Å²) in [5.41, 5.74) is 0.289. The van der Waals surface area contributed by atoms with Crippen LogP contribution in [0.5, 0.6) is 0 Å². The van der Waals surface area contributed by atoms with Gasteiger partial charge >= 0.3 is 0 Å². The lowest BCUT2D eigenvalue weighted by atomic mass is 10.1. The van der Waals surface area contributed by atoms with E-state index in [1.807, 2.05) is 0 Å². The number of rotatable bonds is 4. The summed E-state index contributed by atoms with van der Waals surface area (Å²) < 4.78 is 14.4. The summed E-state index contributed by atoms with van der Waals surface area (Å²) in [6.45, 7) is -0.0719. The maximum Gasteiger partial charge on any atom is 0.251 e. The van der Waals surface area contributed by atoms with Crippen LogP contribution in [-0.4, -0.2) is 22.1 Å². The third-order valence-corrected chi connectivity index (χ3v) is 3.06. The van der Waals surface area contributed by atoms with Gasteiger partial charge in [-0.1, -0.05) is 12.1 Å². The van der Waals surface area contributed by atoms with Gasteiger partial charge in [-0.3, -0.25) is 9.59 Å². The number of benzene rings is 1. The van der Waals surface area contributed by atoms with E-state index in [1.165, 1.54) is 41.1 Å². The van der Waals surface area contributed by atoms with Crippen LogP contribution in [0, 0.1) is 5.82 Å². The minimum atomic E-state index is -1.02. The van der Waals surface area contributed by atoms with Crippen molar-refractivity contribution >= 4 is 5.91 Å². The molecule has 5 nitrogen and oxygen atoms in total. The molecule has 0 radical (unpaired) electrons. The predicted molar refractivity (Wildman–Crippen MR) is 75.4 cm³/mol. The first-order valence-corrected chi connectivity index (χ1v) is 6.36. The fraction of sp³-hybridized carbons (Fsp3) is 0.200. The van der Waals surface area contributed by atoms with Crippen molar-refractivity contribution in [1.82, 2.24) is 9.88 Å². The van der Waals surface area contributed by atoms with Gasteiger partial charge in [0.1, 0.15) is 5.82 Å². The highest BCUT2D eigenvalue weighted by atomic mass is 19.1. The predicted octanol–water partition coefficient (Wildman–Crippen LogP) is 0.988. The number of aliphatic hydroxyl groups is 1. The van der Waals surface area contributed by atoms with Gasteiger partial charge in [-0.05, 0) is 23.8 Å². The van der Waals surface area contributed by atoms with Crippen LogP contribution >= 0.6 is 0 Å². The molecule has 0 spiro atoms. The highest BCUT2D eigenvalue weighted by Crippen LogP contribution is 2.13. The molecular formula is C15H15FN2O3. The van der Waals surface area contributed by atoms with Gasteiger partial charge < -0.3 is 15.0 Å². The normalized spacial score (nSPS) is 12.0. The van der Waals surface area contributed by atoms with E-state index in [1.54, 1.807) is 13.1 Å². The maximum atomic E-state index is 13.0. The van der Waals surface area contributed by atoms with E-state index in [0.29, 0.717) is 5.56 Å². The van der Waals surface area contributed by atoms with Crippen molar-refractivity contribution in [1.29, 1.82) is 0 Å². The molecule has 0 aliphatic rings. The summed E-state index contributed by atoms with van der Waals surface area (Å²) in [5, 5.41) is 12.4. The zero-order valence-electron chi connectivity index (χ0n) is 11.4. The fourth-order valence-electron chi connectivity index (χ4n) is 1.81. The molecule has 0 saturated carbocycles. The molecule has 0 saturated heterocycles. The van der Waals surface area contributed by atoms with Gasteiger partial charge in [0.15, 0.2) is 0 Å². The van der Waals surface area contributed by atoms with E-state index < -0.39 is 17.8 Å². The molecule has 0 unspecified atom stereocenters. The molecule has 1 amide bonds. The number of aryl methyl sites for hydroxylation is 1. The third kappa shape index (κ3) is 3.76. The van der Waals surface area contributed by atoms with Crippen molar-refractivity contribution in [2.45, 2.75) is 6.10 Å². The first-order chi connectivity index (χ1) is 9.97. The molecule has 21 heavy (non-hydrogen) atoms. The molecule has 1 heterocycles. The van der Waals surface area contributed by atoms with E-state index in [4.69, 9.17) is 0 Å². The zero-order valence-corrected chi connectivity index (χ0v) is 11.4. The monoisotopic (exact) mass is 290 g/mol. The van der Waals surface area contributed by atoms with Crippen molar-refractivity contribution in [3.63, 3.8) is 0 Å². The number of nitrogens with one attached hydrogen (secondary N) is 1. The Kier molecular flexibility index (Phi) is 4.49. The van der Waals surface area contributed by atoms with Crippen LogP contribution in [0.15, 0.2) is 47.4 Å². The maximum absolute atomic E-state index is 13.0. The fourth-order valence-corrected chi connectivity index (χ4v) is 1.81. The quantitative estimate of drug-likeness (QED) is 0.882.